The normalized spacial score (nSPS) is 23.6. The molecule has 7 heteroatoms. The van der Waals surface area contributed by atoms with Gasteiger partial charge in [0.2, 0.25) is 0 Å². The van der Waals surface area contributed by atoms with Gasteiger partial charge in [0.05, 0.1) is 11.2 Å². The van der Waals surface area contributed by atoms with Gasteiger partial charge in [-0.05, 0) is 13.3 Å². The van der Waals surface area contributed by atoms with E-state index in [1.807, 2.05) is 11.8 Å². The summed E-state index contributed by atoms with van der Waals surface area (Å²) in [4.78, 5) is 21.8. The molecule has 1 N–H and O–H groups in total. The zero-order valence-corrected chi connectivity index (χ0v) is 13.3. The molecule has 2 saturated heterocycles. The summed E-state index contributed by atoms with van der Waals surface area (Å²) in [7, 11) is 0. The second-order valence-corrected chi connectivity index (χ2v) is 6.46. The SMILES string of the molecule is Cc1ncc(C(=O)N2CCC(N3CCNCC3)C2)s1.Cl. The van der Waals surface area contributed by atoms with Gasteiger partial charge in [0.15, 0.2) is 0 Å². The third-order valence-electron chi connectivity index (χ3n) is 3.95. The second kappa shape index (κ2) is 6.85. The van der Waals surface area contributed by atoms with Gasteiger partial charge < -0.3 is 10.2 Å². The Balaban J connectivity index is 0.00000147. The number of hydrogen-bond acceptors (Lipinski definition) is 5. The molecule has 0 aromatic carbocycles. The molecule has 0 spiro atoms. The van der Waals surface area contributed by atoms with E-state index in [2.05, 4.69) is 15.2 Å². The highest BCUT2D eigenvalue weighted by Crippen LogP contribution is 2.21. The van der Waals surface area contributed by atoms with Crippen molar-refractivity contribution in [1.29, 1.82) is 0 Å². The van der Waals surface area contributed by atoms with E-state index in [9.17, 15) is 4.79 Å². The lowest BCUT2D eigenvalue weighted by Gasteiger charge is -2.32. The molecule has 0 saturated carbocycles. The van der Waals surface area contributed by atoms with Crippen LogP contribution in [-0.2, 0) is 0 Å². The highest BCUT2D eigenvalue weighted by atomic mass is 35.5. The lowest BCUT2D eigenvalue weighted by atomic mass is 10.2. The predicted molar refractivity (Wildman–Crippen MR) is 82.9 cm³/mol. The summed E-state index contributed by atoms with van der Waals surface area (Å²) in [6, 6.07) is 0.542. The van der Waals surface area contributed by atoms with E-state index in [0.717, 1.165) is 55.6 Å². The van der Waals surface area contributed by atoms with Gasteiger partial charge in [-0.1, -0.05) is 0 Å². The third kappa shape index (κ3) is 3.31. The van der Waals surface area contributed by atoms with Crippen LogP contribution < -0.4 is 5.32 Å². The molecule has 0 bridgehead atoms. The average molecular weight is 317 g/mol. The molecule has 1 aromatic heterocycles. The van der Waals surface area contributed by atoms with Crippen LogP contribution in [0.25, 0.3) is 0 Å². The van der Waals surface area contributed by atoms with E-state index in [1.54, 1.807) is 6.20 Å². The quantitative estimate of drug-likeness (QED) is 0.884. The number of likely N-dealkylation sites (tertiary alicyclic amines) is 1. The van der Waals surface area contributed by atoms with Crippen LogP contribution in [0.2, 0.25) is 0 Å². The minimum absolute atomic E-state index is 0. The van der Waals surface area contributed by atoms with Crippen molar-refractivity contribution in [1.82, 2.24) is 20.1 Å². The average Bonchev–Trinajstić information content (AvgIpc) is 3.08. The number of aryl methyl sites for hydroxylation is 1. The van der Waals surface area contributed by atoms with Crippen LogP contribution in [-0.4, -0.2) is 66.0 Å². The first-order chi connectivity index (χ1) is 9.24. The zero-order chi connectivity index (χ0) is 13.2. The Hall–Kier alpha value is -0.690. The smallest absolute Gasteiger partial charge is 0.265 e. The number of carbonyl (C=O) groups excluding carboxylic acids is 1. The molecular formula is C13H21ClN4OS. The standard InChI is InChI=1S/C13H20N4OS.ClH/c1-10-15-8-12(19-10)13(18)17-5-2-11(9-17)16-6-3-14-4-7-16;/h8,11,14H,2-7,9H2,1H3;1H. The molecular weight excluding hydrogens is 296 g/mol. The van der Waals surface area contributed by atoms with Crippen molar-refractivity contribution in [2.24, 2.45) is 0 Å². The number of amides is 1. The number of carbonyl (C=O) groups is 1. The highest BCUT2D eigenvalue weighted by molar-refractivity contribution is 7.13. The van der Waals surface area contributed by atoms with E-state index in [1.165, 1.54) is 11.3 Å². The van der Waals surface area contributed by atoms with Gasteiger partial charge >= 0.3 is 0 Å². The van der Waals surface area contributed by atoms with Crippen molar-refractivity contribution >= 4 is 29.7 Å². The zero-order valence-electron chi connectivity index (χ0n) is 11.7. The van der Waals surface area contributed by atoms with Crippen molar-refractivity contribution in [2.45, 2.75) is 19.4 Å². The number of nitrogens with one attached hydrogen (secondary N) is 1. The molecule has 2 aliphatic rings. The van der Waals surface area contributed by atoms with Crippen molar-refractivity contribution < 1.29 is 4.79 Å². The maximum absolute atomic E-state index is 12.4. The first kappa shape index (κ1) is 15.7. The van der Waals surface area contributed by atoms with Crippen molar-refractivity contribution in [3.8, 4) is 0 Å². The summed E-state index contributed by atoms with van der Waals surface area (Å²) >= 11 is 1.49. The molecule has 0 radical (unpaired) electrons. The van der Waals surface area contributed by atoms with E-state index >= 15 is 0 Å². The van der Waals surface area contributed by atoms with Crippen LogP contribution in [0, 0.1) is 6.92 Å². The fourth-order valence-electron chi connectivity index (χ4n) is 2.89. The fourth-order valence-corrected chi connectivity index (χ4v) is 3.63. The molecule has 112 valence electrons. The molecule has 1 amide bonds. The van der Waals surface area contributed by atoms with Crippen LogP contribution in [0.15, 0.2) is 6.20 Å². The Kier molecular flexibility index (Phi) is 5.37. The third-order valence-corrected chi connectivity index (χ3v) is 4.85. The van der Waals surface area contributed by atoms with Gasteiger partial charge in [-0.2, -0.15) is 0 Å². The minimum atomic E-state index is 0. The van der Waals surface area contributed by atoms with Crippen LogP contribution in [0.5, 0.6) is 0 Å². The van der Waals surface area contributed by atoms with Gasteiger partial charge in [-0.15, -0.1) is 23.7 Å². The number of rotatable bonds is 2. The van der Waals surface area contributed by atoms with Crippen molar-refractivity contribution in [2.75, 3.05) is 39.3 Å². The van der Waals surface area contributed by atoms with Gasteiger partial charge in [0.25, 0.3) is 5.91 Å². The molecule has 5 nitrogen and oxygen atoms in total. The van der Waals surface area contributed by atoms with Crippen LogP contribution in [0.3, 0.4) is 0 Å². The van der Waals surface area contributed by atoms with Gasteiger partial charge in [0, 0.05) is 45.3 Å². The monoisotopic (exact) mass is 316 g/mol. The molecule has 1 unspecified atom stereocenters. The highest BCUT2D eigenvalue weighted by Gasteiger charge is 2.31. The lowest BCUT2D eigenvalue weighted by molar-refractivity contribution is 0.0778. The maximum atomic E-state index is 12.4. The summed E-state index contributed by atoms with van der Waals surface area (Å²) in [6.45, 7) is 8.03. The molecule has 20 heavy (non-hydrogen) atoms. The summed E-state index contributed by atoms with van der Waals surface area (Å²) in [5, 5.41) is 4.33. The van der Waals surface area contributed by atoms with Gasteiger partial charge in [0.1, 0.15) is 4.88 Å². The Morgan fingerprint density at radius 1 is 1.40 bits per heavy atom. The summed E-state index contributed by atoms with van der Waals surface area (Å²) in [5.74, 6) is 0.156. The Bertz CT molecular complexity index is 461. The molecule has 2 fully saturated rings. The summed E-state index contributed by atoms with van der Waals surface area (Å²) < 4.78 is 0. The Labute approximate surface area is 129 Å². The fraction of sp³-hybridized carbons (Fsp3) is 0.692. The van der Waals surface area contributed by atoms with E-state index in [0.29, 0.717) is 6.04 Å². The largest absolute Gasteiger partial charge is 0.336 e. The van der Waals surface area contributed by atoms with Gasteiger partial charge in [-0.25, -0.2) is 4.98 Å². The van der Waals surface area contributed by atoms with Crippen LogP contribution in [0.1, 0.15) is 21.1 Å². The first-order valence-electron chi connectivity index (χ1n) is 6.90. The number of nitrogens with zero attached hydrogens (tertiary/aromatic N) is 3. The molecule has 3 rings (SSSR count). The number of halogens is 1. The first-order valence-corrected chi connectivity index (χ1v) is 7.72. The predicted octanol–water partition coefficient (Wildman–Crippen LogP) is 0.993. The number of thiazole rings is 1. The maximum Gasteiger partial charge on any atom is 0.265 e. The summed E-state index contributed by atoms with van der Waals surface area (Å²) in [5.41, 5.74) is 0. The van der Waals surface area contributed by atoms with E-state index in [-0.39, 0.29) is 18.3 Å². The van der Waals surface area contributed by atoms with E-state index < -0.39 is 0 Å². The summed E-state index contributed by atoms with van der Waals surface area (Å²) in [6.07, 6.45) is 2.81. The second-order valence-electron chi connectivity index (χ2n) is 5.22. The molecule has 2 aliphatic heterocycles. The molecule has 3 heterocycles. The molecule has 1 atom stereocenters. The van der Waals surface area contributed by atoms with Crippen molar-refractivity contribution in [3.63, 3.8) is 0 Å². The number of hydrogen-bond donors (Lipinski definition) is 1. The van der Waals surface area contributed by atoms with Crippen LogP contribution >= 0.6 is 23.7 Å². The van der Waals surface area contributed by atoms with Crippen molar-refractivity contribution in [3.05, 3.63) is 16.1 Å². The topological polar surface area (TPSA) is 48.5 Å². The Morgan fingerprint density at radius 3 is 2.80 bits per heavy atom. The molecule has 0 aliphatic carbocycles. The minimum Gasteiger partial charge on any atom is -0.336 e. The number of piperazine rings is 1. The Morgan fingerprint density at radius 2 is 2.15 bits per heavy atom. The lowest BCUT2D eigenvalue weighted by Crippen LogP contribution is -2.49. The molecule has 1 aromatic rings. The van der Waals surface area contributed by atoms with Gasteiger partial charge in [-0.3, -0.25) is 9.69 Å². The number of aromatic nitrogens is 1. The van der Waals surface area contributed by atoms with Crippen LogP contribution in [0.4, 0.5) is 0 Å². The van der Waals surface area contributed by atoms with E-state index in [4.69, 9.17) is 0 Å².